The van der Waals surface area contributed by atoms with Crippen LogP contribution in [0.25, 0.3) is 6.08 Å². The minimum atomic E-state index is -0.265. The SMILES string of the molecule is COCCO[C@H]1[C@H](NC(=O)C(C)C)c2ccccc2C12CCN(C(=O)/C=C/c1ccccc1)CC2. The number of hydrogen-bond acceptors (Lipinski definition) is 4. The number of ether oxygens (including phenoxy) is 2. The van der Waals surface area contributed by atoms with Crippen LogP contribution in [0.15, 0.2) is 60.7 Å². The third-order valence-electron chi connectivity index (χ3n) is 7.27. The van der Waals surface area contributed by atoms with Gasteiger partial charge in [-0.3, -0.25) is 9.59 Å². The predicted octanol–water partition coefficient (Wildman–Crippen LogP) is 4.12. The second kappa shape index (κ2) is 11.2. The molecule has 4 rings (SSSR count). The highest BCUT2D eigenvalue weighted by Gasteiger charge is 2.54. The van der Waals surface area contributed by atoms with Gasteiger partial charge in [0.15, 0.2) is 0 Å². The molecular formula is C29H36N2O4. The van der Waals surface area contributed by atoms with E-state index in [4.69, 9.17) is 9.47 Å². The summed E-state index contributed by atoms with van der Waals surface area (Å²) in [6, 6.07) is 18.0. The minimum absolute atomic E-state index is 0.0147. The molecule has 6 nitrogen and oxygen atoms in total. The summed E-state index contributed by atoms with van der Waals surface area (Å²) in [6.07, 6.45) is 4.87. The van der Waals surface area contributed by atoms with E-state index in [1.54, 1.807) is 13.2 Å². The number of carbonyl (C=O) groups excluding carboxylic acids is 2. The second-order valence-corrected chi connectivity index (χ2v) is 9.74. The van der Waals surface area contributed by atoms with E-state index >= 15 is 0 Å². The Labute approximate surface area is 208 Å². The molecule has 0 aromatic heterocycles. The topological polar surface area (TPSA) is 67.9 Å². The first-order chi connectivity index (χ1) is 17.0. The van der Waals surface area contributed by atoms with Gasteiger partial charge in [0.25, 0.3) is 0 Å². The van der Waals surface area contributed by atoms with Crippen molar-refractivity contribution in [3.05, 3.63) is 77.4 Å². The van der Waals surface area contributed by atoms with Crippen LogP contribution in [0, 0.1) is 5.92 Å². The number of carbonyl (C=O) groups is 2. The zero-order valence-corrected chi connectivity index (χ0v) is 20.9. The number of hydrogen-bond donors (Lipinski definition) is 1. The van der Waals surface area contributed by atoms with Crippen LogP contribution in [-0.2, 0) is 24.5 Å². The summed E-state index contributed by atoms with van der Waals surface area (Å²) in [5.41, 5.74) is 3.09. The van der Waals surface area contributed by atoms with Crippen molar-refractivity contribution in [2.75, 3.05) is 33.4 Å². The molecule has 2 aromatic rings. The third-order valence-corrected chi connectivity index (χ3v) is 7.27. The van der Waals surface area contributed by atoms with Crippen molar-refractivity contribution in [3.63, 3.8) is 0 Å². The summed E-state index contributed by atoms with van der Waals surface area (Å²) in [7, 11) is 1.66. The highest BCUT2D eigenvalue weighted by atomic mass is 16.5. The van der Waals surface area contributed by atoms with E-state index in [-0.39, 0.29) is 35.3 Å². The van der Waals surface area contributed by atoms with E-state index < -0.39 is 0 Å². The normalized spacial score (nSPS) is 21.0. The van der Waals surface area contributed by atoms with Gasteiger partial charge in [0.05, 0.1) is 25.4 Å². The van der Waals surface area contributed by atoms with Crippen molar-refractivity contribution in [3.8, 4) is 0 Å². The average molecular weight is 477 g/mol. The van der Waals surface area contributed by atoms with Crippen LogP contribution >= 0.6 is 0 Å². The first-order valence-electron chi connectivity index (χ1n) is 12.5. The summed E-state index contributed by atoms with van der Waals surface area (Å²) in [4.78, 5) is 27.6. The molecule has 1 fully saturated rings. The molecule has 1 N–H and O–H groups in total. The van der Waals surface area contributed by atoms with Gasteiger partial charge in [0.1, 0.15) is 0 Å². The number of nitrogens with one attached hydrogen (secondary N) is 1. The lowest BCUT2D eigenvalue weighted by Crippen LogP contribution is -2.52. The molecule has 1 heterocycles. The Morgan fingerprint density at radius 2 is 1.74 bits per heavy atom. The summed E-state index contributed by atoms with van der Waals surface area (Å²) < 4.78 is 11.7. The molecule has 35 heavy (non-hydrogen) atoms. The molecule has 0 unspecified atom stereocenters. The largest absolute Gasteiger partial charge is 0.382 e. The number of fused-ring (bicyclic) bond motifs is 2. The van der Waals surface area contributed by atoms with Crippen molar-refractivity contribution in [2.24, 2.45) is 5.92 Å². The van der Waals surface area contributed by atoms with Crippen molar-refractivity contribution in [2.45, 2.75) is 44.2 Å². The van der Waals surface area contributed by atoms with Gasteiger partial charge >= 0.3 is 0 Å². The maximum atomic E-state index is 12.9. The Kier molecular flexibility index (Phi) is 8.04. The Hall–Kier alpha value is -2.96. The van der Waals surface area contributed by atoms with Crippen LogP contribution in [0.2, 0.25) is 0 Å². The maximum absolute atomic E-state index is 12.9. The van der Waals surface area contributed by atoms with E-state index in [0.717, 1.165) is 24.0 Å². The molecule has 186 valence electrons. The van der Waals surface area contributed by atoms with Crippen LogP contribution in [0.4, 0.5) is 0 Å². The molecule has 2 aromatic carbocycles. The smallest absolute Gasteiger partial charge is 0.246 e. The monoisotopic (exact) mass is 476 g/mol. The highest BCUT2D eigenvalue weighted by Crippen LogP contribution is 2.52. The number of rotatable bonds is 8. The fraction of sp³-hybridized carbons (Fsp3) is 0.448. The molecule has 2 atom stereocenters. The van der Waals surface area contributed by atoms with Gasteiger partial charge in [-0.15, -0.1) is 0 Å². The van der Waals surface area contributed by atoms with Crippen molar-refractivity contribution < 1.29 is 19.1 Å². The van der Waals surface area contributed by atoms with E-state index in [2.05, 4.69) is 23.5 Å². The first-order valence-corrected chi connectivity index (χ1v) is 12.5. The molecule has 2 aliphatic rings. The molecular weight excluding hydrogens is 440 g/mol. The lowest BCUT2D eigenvalue weighted by atomic mass is 9.71. The van der Waals surface area contributed by atoms with Gasteiger partial charge in [0, 0.05) is 37.6 Å². The Bertz CT molecular complexity index is 1040. The van der Waals surface area contributed by atoms with Crippen molar-refractivity contribution >= 4 is 17.9 Å². The Morgan fingerprint density at radius 3 is 2.43 bits per heavy atom. The number of nitrogens with zero attached hydrogens (tertiary/aromatic N) is 1. The summed E-state index contributed by atoms with van der Waals surface area (Å²) in [5.74, 6) is -0.0773. The van der Waals surface area contributed by atoms with Crippen LogP contribution in [-0.4, -0.2) is 56.2 Å². The molecule has 1 saturated heterocycles. The van der Waals surface area contributed by atoms with Gasteiger partial charge in [-0.1, -0.05) is 68.4 Å². The van der Waals surface area contributed by atoms with Crippen LogP contribution < -0.4 is 5.32 Å². The van der Waals surface area contributed by atoms with Gasteiger partial charge in [-0.25, -0.2) is 0 Å². The molecule has 1 aliphatic carbocycles. The third kappa shape index (κ3) is 5.34. The quantitative estimate of drug-likeness (QED) is 0.460. The zero-order chi connectivity index (χ0) is 24.8. The molecule has 1 aliphatic heterocycles. The Balaban J connectivity index is 1.56. The van der Waals surface area contributed by atoms with Gasteiger partial charge in [-0.05, 0) is 35.6 Å². The predicted molar refractivity (Wildman–Crippen MR) is 137 cm³/mol. The first kappa shape index (κ1) is 25.1. The van der Waals surface area contributed by atoms with Gasteiger partial charge in [0.2, 0.25) is 11.8 Å². The molecule has 6 heteroatoms. The van der Waals surface area contributed by atoms with Gasteiger partial charge in [-0.2, -0.15) is 0 Å². The fourth-order valence-corrected chi connectivity index (χ4v) is 5.36. The number of amides is 2. The second-order valence-electron chi connectivity index (χ2n) is 9.74. The minimum Gasteiger partial charge on any atom is -0.382 e. The number of likely N-dealkylation sites (tertiary alicyclic amines) is 1. The zero-order valence-electron chi connectivity index (χ0n) is 20.9. The molecule has 0 radical (unpaired) electrons. The van der Waals surface area contributed by atoms with Crippen molar-refractivity contribution in [1.29, 1.82) is 0 Å². The van der Waals surface area contributed by atoms with E-state index in [1.807, 2.05) is 61.2 Å². The lowest BCUT2D eigenvalue weighted by molar-refractivity contribution is -0.130. The van der Waals surface area contributed by atoms with E-state index in [1.165, 1.54) is 5.56 Å². The fourth-order valence-electron chi connectivity index (χ4n) is 5.36. The van der Waals surface area contributed by atoms with E-state index in [9.17, 15) is 9.59 Å². The van der Waals surface area contributed by atoms with Crippen molar-refractivity contribution in [1.82, 2.24) is 10.2 Å². The number of piperidine rings is 1. The highest BCUT2D eigenvalue weighted by molar-refractivity contribution is 5.91. The van der Waals surface area contributed by atoms with Crippen LogP contribution in [0.3, 0.4) is 0 Å². The summed E-state index contributed by atoms with van der Waals surface area (Å²) in [5, 5.41) is 3.26. The lowest BCUT2D eigenvalue weighted by Gasteiger charge is -2.44. The molecule has 0 saturated carbocycles. The molecule has 2 amide bonds. The van der Waals surface area contributed by atoms with Crippen LogP contribution in [0.1, 0.15) is 49.4 Å². The molecule has 1 spiro atoms. The maximum Gasteiger partial charge on any atom is 0.246 e. The molecule has 0 bridgehead atoms. The summed E-state index contributed by atoms with van der Waals surface area (Å²) in [6.45, 7) is 6.03. The number of benzene rings is 2. The van der Waals surface area contributed by atoms with Gasteiger partial charge < -0.3 is 19.7 Å². The average Bonchev–Trinajstić information content (AvgIpc) is 3.12. The number of methoxy groups -OCH3 is 1. The standard InChI is InChI=1S/C29H36N2O4/c1-21(2)28(33)30-26-23-11-7-8-12-24(23)29(27(26)35-20-19-34-3)15-17-31(18-16-29)25(32)14-13-22-9-5-4-6-10-22/h4-14,21,26-27H,15-20H2,1-3H3,(H,30,33)/b14-13+/t26-,27+/m1/s1. The van der Waals surface area contributed by atoms with E-state index in [0.29, 0.717) is 26.3 Å². The Morgan fingerprint density at radius 1 is 1.06 bits per heavy atom. The van der Waals surface area contributed by atoms with Crippen LogP contribution in [0.5, 0.6) is 0 Å². The summed E-state index contributed by atoms with van der Waals surface area (Å²) >= 11 is 0.